The van der Waals surface area contributed by atoms with Gasteiger partial charge in [-0.2, -0.15) is 0 Å². The number of aliphatic hydroxyl groups excluding tert-OH is 1. The Balaban J connectivity index is 3.30. The number of hydrogen-bond donors (Lipinski definition) is 1. The molecule has 0 saturated carbocycles. The fourth-order valence-electron chi connectivity index (χ4n) is 1.57. The molecule has 0 saturated heterocycles. The van der Waals surface area contributed by atoms with Crippen molar-refractivity contribution in [2.24, 2.45) is 0 Å². The third-order valence-electron chi connectivity index (χ3n) is 2.34. The monoisotopic (exact) mass is 230 g/mol. The Bertz CT molecular complexity index is 350. The molecule has 1 N–H and O–H groups in total. The van der Waals surface area contributed by atoms with Gasteiger partial charge in [0.2, 0.25) is 0 Å². The number of hydrogen-bond acceptors (Lipinski definition) is 3. The Labute approximate surface area is 94.6 Å². The predicted molar refractivity (Wildman–Crippen MR) is 60.1 cm³/mol. The zero-order valence-corrected chi connectivity index (χ0v) is 9.89. The summed E-state index contributed by atoms with van der Waals surface area (Å²) in [4.78, 5) is 0. The van der Waals surface area contributed by atoms with E-state index in [1.54, 1.807) is 20.3 Å². The molecule has 1 rings (SSSR count). The normalized spacial score (nSPS) is 10.2. The fourth-order valence-corrected chi connectivity index (χ4v) is 1.86. The molecule has 0 heterocycles. The van der Waals surface area contributed by atoms with Crippen molar-refractivity contribution in [2.75, 3.05) is 20.8 Å². The van der Waals surface area contributed by atoms with E-state index >= 15 is 0 Å². The molecule has 4 heteroatoms. The number of halogens is 1. The molecule has 0 amide bonds. The molecule has 1 aromatic rings. The lowest BCUT2D eigenvalue weighted by Gasteiger charge is -2.15. The summed E-state index contributed by atoms with van der Waals surface area (Å²) in [7, 11) is 3.12. The lowest BCUT2D eigenvalue weighted by Crippen LogP contribution is -2.00. The van der Waals surface area contributed by atoms with Gasteiger partial charge in [-0.3, -0.25) is 0 Å². The van der Waals surface area contributed by atoms with Crippen LogP contribution in [-0.2, 0) is 6.42 Å². The maximum absolute atomic E-state index is 8.91. The number of aliphatic hydroxyl groups is 1. The fraction of sp³-hybridized carbons (Fsp3) is 0.455. The van der Waals surface area contributed by atoms with Crippen LogP contribution in [0.1, 0.15) is 11.1 Å². The van der Waals surface area contributed by atoms with Gasteiger partial charge >= 0.3 is 0 Å². The third-order valence-corrected chi connectivity index (χ3v) is 2.62. The van der Waals surface area contributed by atoms with E-state index in [2.05, 4.69) is 0 Å². The summed E-state index contributed by atoms with van der Waals surface area (Å²) in [5.74, 6) is 1.17. The van der Waals surface area contributed by atoms with Crippen molar-refractivity contribution >= 4 is 11.6 Å². The van der Waals surface area contributed by atoms with Gasteiger partial charge in [0.15, 0.2) is 11.5 Å². The minimum Gasteiger partial charge on any atom is -0.493 e. The summed E-state index contributed by atoms with van der Waals surface area (Å²) in [5, 5.41) is 9.41. The number of rotatable bonds is 4. The van der Waals surface area contributed by atoms with Crippen molar-refractivity contribution < 1.29 is 14.6 Å². The van der Waals surface area contributed by atoms with Crippen molar-refractivity contribution in [3.05, 3.63) is 22.2 Å². The molecule has 0 spiro atoms. The highest BCUT2D eigenvalue weighted by molar-refractivity contribution is 6.32. The van der Waals surface area contributed by atoms with E-state index in [9.17, 15) is 0 Å². The first-order valence-electron chi connectivity index (χ1n) is 4.66. The lowest BCUT2D eigenvalue weighted by atomic mass is 10.0. The molecule has 0 fully saturated rings. The molecule has 0 unspecified atom stereocenters. The first-order chi connectivity index (χ1) is 7.15. The molecule has 15 heavy (non-hydrogen) atoms. The Hall–Kier alpha value is -0.930. The van der Waals surface area contributed by atoms with Gasteiger partial charge in [0.1, 0.15) is 0 Å². The smallest absolute Gasteiger partial charge is 0.179 e. The van der Waals surface area contributed by atoms with Crippen LogP contribution in [0.3, 0.4) is 0 Å². The molecule has 0 aliphatic heterocycles. The first-order valence-corrected chi connectivity index (χ1v) is 5.04. The summed E-state index contributed by atoms with van der Waals surface area (Å²) < 4.78 is 10.4. The van der Waals surface area contributed by atoms with Gasteiger partial charge in [0, 0.05) is 6.61 Å². The van der Waals surface area contributed by atoms with Crippen LogP contribution in [0.2, 0.25) is 5.02 Å². The summed E-state index contributed by atoms with van der Waals surface area (Å²) in [6.07, 6.45) is 0.561. The van der Waals surface area contributed by atoms with Crippen LogP contribution < -0.4 is 9.47 Å². The van der Waals surface area contributed by atoms with Crippen LogP contribution in [0, 0.1) is 6.92 Å². The Kier molecular flexibility index (Phi) is 4.24. The van der Waals surface area contributed by atoms with Gasteiger partial charge < -0.3 is 14.6 Å². The van der Waals surface area contributed by atoms with Gasteiger partial charge in [-0.1, -0.05) is 11.6 Å². The third kappa shape index (κ3) is 2.36. The highest BCUT2D eigenvalue weighted by atomic mass is 35.5. The van der Waals surface area contributed by atoms with Crippen LogP contribution >= 0.6 is 11.6 Å². The molecular weight excluding hydrogens is 216 g/mol. The molecule has 3 nitrogen and oxygen atoms in total. The van der Waals surface area contributed by atoms with E-state index in [4.69, 9.17) is 26.2 Å². The van der Waals surface area contributed by atoms with Crippen LogP contribution in [0.4, 0.5) is 0 Å². The van der Waals surface area contributed by atoms with Crippen molar-refractivity contribution in [3.8, 4) is 11.5 Å². The number of benzene rings is 1. The van der Waals surface area contributed by atoms with Crippen molar-refractivity contribution in [1.82, 2.24) is 0 Å². The summed E-state index contributed by atoms with van der Waals surface area (Å²) in [6.45, 7) is 2.01. The van der Waals surface area contributed by atoms with Gasteiger partial charge in [-0.15, -0.1) is 0 Å². The molecule has 0 aliphatic carbocycles. The Morgan fingerprint density at radius 3 is 2.33 bits per heavy atom. The highest BCUT2D eigenvalue weighted by Gasteiger charge is 2.15. The van der Waals surface area contributed by atoms with E-state index < -0.39 is 0 Å². The van der Waals surface area contributed by atoms with Crippen LogP contribution in [0.15, 0.2) is 6.07 Å². The predicted octanol–water partition coefficient (Wildman–Crippen LogP) is 2.20. The van der Waals surface area contributed by atoms with Gasteiger partial charge in [0.25, 0.3) is 0 Å². The van der Waals surface area contributed by atoms with Crippen LogP contribution in [-0.4, -0.2) is 25.9 Å². The minimum absolute atomic E-state index is 0.0899. The number of ether oxygens (including phenoxy) is 2. The summed E-state index contributed by atoms with van der Waals surface area (Å²) in [5.41, 5.74) is 1.92. The molecule has 0 bridgehead atoms. The molecule has 0 aliphatic rings. The zero-order chi connectivity index (χ0) is 11.4. The van der Waals surface area contributed by atoms with Gasteiger partial charge in [-0.05, 0) is 30.5 Å². The summed E-state index contributed by atoms with van der Waals surface area (Å²) in [6, 6.07) is 1.80. The maximum Gasteiger partial charge on any atom is 0.179 e. The number of methoxy groups -OCH3 is 2. The topological polar surface area (TPSA) is 38.7 Å². The molecule has 0 atom stereocenters. The average molecular weight is 231 g/mol. The second kappa shape index (κ2) is 5.24. The molecule has 0 radical (unpaired) electrons. The second-order valence-electron chi connectivity index (χ2n) is 3.18. The van der Waals surface area contributed by atoms with Gasteiger partial charge in [-0.25, -0.2) is 0 Å². The van der Waals surface area contributed by atoms with Crippen molar-refractivity contribution in [2.45, 2.75) is 13.3 Å². The van der Waals surface area contributed by atoms with E-state index in [-0.39, 0.29) is 6.61 Å². The van der Waals surface area contributed by atoms with E-state index in [1.807, 2.05) is 6.92 Å². The largest absolute Gasteiger partial charge is 0.493 e. The molecule has 84 valence electrons. The Morgan fingerprint density at radius 2 is 1.87 bits per heavy atom. The molecule has 0 aromatic heterocycles. The van der Waals surface area contributed by atoms with Crippen molar-refractivity contribution in [1.29, 1.82) is 0 Å². The lowest BCUT2D eigenvalue weighted by molar-refractivity contribution is 0.298. The van der Waals surface area contributed by atoms with Crippen LogP contribution in [0.25, 0.3) is 0 Å². The summed E-state index contributed by atoms with van der Waals surface area (Å²) >= 11 is 6.03. The molecular formula is C11H15ClO3. The van der Waals surface area contributed by atoms with E-state index in [1.165, 1.54) is 0 Å². The first kappa shape index (κ1) is 12.1. The quantitative estimate of drug-likeness (QED) is 0.862. The molecule has 1 aromatic carbocycles. The van der Waals surface area contributed by atoms with Gasteiger partial charge in [0.05, 0.1) is 19.2 Å². The van der Waals surface area contributed by atoms with E-state index in [0.717, 1.165) is 11.1 Å². The van der Waals surface area contributed by atoms with E-state index in [0.29, 0.717) is 22.9 Å². The zero-order valence-electron chi connectivity index (χ0n) is 9.13. The second-order valence-corrected chi connectivity index (χ2v) is 3.59. The van der Waals surface area contributed by atoms with Crippen LogP contribution in [0.5, 0.6) is 11.5 Å². The standard InChI is InChI=1S/C11H15ClO3/c1-7-8(4-5-13)6-9(12)11(15-3)10(7)14-2/h6,13H,4-5H2,1-3H3. The SMILES string of the molecule is COc1c(Cl)cc(CCO)c(C)c1OC. The highest BCUT2D eigenvalue weighted by Crippen LogP contribution is 2.39. The minimum atomic E-state index is 0.0899. The van der Waals surface area contributed by atoms with Crippen molar-refractivity contribution in [3.63, 3.8) is 0 Å². The maximum atomic E-state index is 8.91. The Morgan fingerprint density at radius 1 is 1.27 bits per heavy atom. The average Bonchev–Trinajstić information content (AvgIpc) is 2.22.